The fourth-order valence-corrected chi connectivity index (χ4v) is 2.58. The zero-order valence-corrected chi connectivity index (χ0v) is 12.8. The van der Waals surface area contributed by atoms with E-state index in [1.54, 1.807) is 30.1 Å². The van der Waals surface area contributed by atoms with Crippen LogP contribution in [0.2, 0.25) is 0 Å². The zero-order chi connectivity index (χ0) is 16.0. The monoisotopic (exact) mass is 310 g/mol. The van der Waals surface area contributed by atoms with Crippen LogP contribution in [0.5, 0.6) is 5.88 Å². The molecule has 0 aromatic carbocycles. The predicted octanol–water partition coefficient (Wildman–Crippen LogP) is 2.18. The van der Waals surface area contributed by atoms with Crippen molar-refractivity contribution in [2.75, 3.05) is 17.6 Å². The van der Waals surface area contributed by atoms with Crippen LogP contribution < -0.4 is 11.1 Å². The molecule has 1 aliphatic heterocycles. The van der Waals surface area contributed by atoms with Crippen LogP contribution in [-0.2, 0) is 7.05 Å². The molecule has 3 heterocycles. The number of hydrogen-bond acceptors (Lipinski definition) is 6. The van der Waals surface area contributed by atoms with E-state index in [-0.39, 0.29) is 5.88 Å². The minimum Gasteiger partial charge on any atom is -0.493 e. The van der Waals surface area contributed by atoms with Gasteiger partial charge in [0.1, 0.15) is 5.69 Å². The molecule has 0 radical (unpaired) electrons. The maximum atomic E-state index is 10.3. The molecule has 0 atom stereocenters. The van der Waals surface area contributed by atoms with Crippen LogP contribution in [-0.4, -0.2) is 32.4 Å². The Morgan fingerprint density at radius 2 is 2.30 bits per heavy atom. The SMILES string of the molecule is Cn1c(NCC2CC2)nc(C=C2C=Nc3ncc(N)cc32)c1O. The predicted molar refractivity (Wildman–Crippen MR) is 90.8 cm³/mol. The Kier molecular flexibility index (Phi) is 3.07. The van der Waals surface area contributed by atoms with Crippen LogP contribution in [0.1, 0.15) is 24.1 Å². The van der Waals surface area contributed by atoms with Crippen molar-refractivity contribution in [2.24, 2.45) is 18.0 Å². The second-order valence-electron chi connectivity index (χ2n) is 6.03. The summed E-state index contributed by atoms with van der Waals surface area (Å²) in [5.41, 5.74) is 8.56. The summed E-state index contributed by atoms with van der Waals surface area (Å²) in [6.45, 7) is 0.894. The van der Waals surface area contributed by atoms with E-state index in [4.69, 9.17) is 5.73 Å². The topological polar surface area (TPSA) is 101 Å². The average molecular weight is 310 g/mol. The number of aromatic nitrogens is 3. The minimum atomic E-state index is 0.120. The highest BCUT2D eigenvalue weighted by Crippen LogP contribution is 2.34. The first-order chi connectivity index (χ1) is 11.1. The second-order valence-corrected chi connectivity index (χ2v) is 6.03. The number of pyridine rings is 1. The minimum absolute atomic E-state index is 0.120. The van der Waals surface area contributed by atoms with Gasteiger partial charge in [-0.2, -0.15) is 0 Å². The molecule has 2 aromatic rings. The van der Waals surface area contributed by atoms with Gasteiger partial charge < -0.3 is 16.2 Å². The molecule has 2 aliphatic rings. The first kappa shape index (κ1) is 13.8. The Balaban J connectivity index is 1.65. The molecule has 23 heavy (non-hydrogen) atoms. The average Bonchev–Trinajstić information content (AvgIpc) is 3.24. The number of aliphatic imine (C=N–C) groups is 1. The van der Waals surface area contributed by atoms with E-state index in [0.29, 0.717) is 23.1 Å². The zero-order valence-electron chi connectivity index (χ0n) is 12.8. The van der Waals surface area contributed by atoms with Gasteiger partial charge in [0.15, 0.2) is 5.82 Å². The molecular weight excluding hydrogens is 292 g/mol. The smallest absolute Gasteiger partial charge is 0.220 e. The van der Waals surface area contributed by atoms with E-state index in [0.717, 1.165) is 23.6 Å². The summed E-state index contributed by atoms with van der Waals surface area (Å²) < 4.78 is 1.65. The van der Waals surface area contributed by atoms with E-state index in [1.165, 1.54) is 12.8 Å². The number of nitrogens with two attached hydrogens (primary N) is 1. The number of allylic oxidation sites excluding steroid dienone is 1. The van der Waals surface area contributed by atoms with E-state index < -0.39 is 0 Å². The number of rotatable bonds is 4. The van der Waals surface area contributed by atoms with Gasteiger partial charge in [0.2, 0.25) is 11.8 Å². The summed E-state index contributed by atoms with van der Waals surface area (Å²) in [4.78, 5) is 12.9. The van der Waals surface area contributed by atoms with Crippen LogP contribution in [0.4, 0.5) is 17.5 Å². The Labute approximate surface area is 133 Å². The van der Waals surface area contributed by atoms with Gasteiger partial charge in [0.25, 0.3) is 0 Å². The van der Waals surface area contributed by atoms with Gasteiger partial charge in [-0.15, -0.1) is 0 Å². The lowest BCUT2D eigenvalue weighted by Crippen LogP contribution is -2.07. The molecule has 4 N–H and O–H groups in total. The molecular formula is C16H18N6O. The molecule has 0 bridgehead atoms. The number of nitrogens with one attached hydrogen (secondary N) is 1. The van der Waals surface area contributed by atoms with Gasteiger partial charge in [0, 0.05) is 30.9 Å². The number of nitrogen functional groups attached to an aromatic ring is 1. The van der Waals surface area contributed by atoms with Crippen molar-refractivity contribution in [1.29, 1.82) is 0 Å². The van der Waals surface area contributed by atoms with Crippen LogP contribution in [0.15, 0.2) is 17.3 Å². The van der Waals surface area contributed by atoms with Crippen LogP contribution in [0.25, 0.3) is 11.6 Å². The normalized spacial score (nSPS) is 17.7. The molecule has 7 heteroatoms. The van der Waals surface area contributed by atoms with E-state index in [2.05, 4.69) is 20.3 Å². The van der Waals surface area contributed by atoms with E-state index in [9.17, 15) is 5.11 Å². The fraction of sp³-hybridized carbons (Fsp3) is 0.312. The Bertz CT molecular complexity index is 831. The molecule has 118 valence electrons. The summed E-state index contributed by atoms with van der Waals surface area (Å²) in [6.07, 6.45) is 7.62. The van der Waals surface area contributed by atoms with Crippen molar-refractivity contribution in [3.63, 3.8) is 0 Å². The maximum Gasteiger partial charge on any atom is 0.220 e. The molecule has 2 aromatic heterocycles. The lowest BCUT2D eigenvalue weighted by atomic mass is 10.1. The molecule has 0 spiro atoms. The summed E-state index contributed by atoms with van der Waals surface area (Å²) in [6, 6.07) is 1.83. The molecule has 1 aliphatic carbocycles. The quantitative estimate of drug-likeness (QED) is 0.803. The second kappa shape index (κ2) is 5.12. The molecule has 4 rings (SSSR count). The highest BCUT2D eigenvalue weighted by molar-refractivity contribution is 6.21. The molecule has 1 saturated carbocycles. The van der Waals surface area contributed by atoms with Gasteiger partial charge in [-0.25, -0.2) is 15.0 Å². The fourth-order valence-electron chi connectivity index (χ4n) is 2.58. The van der Waals surface area contributed by atoms with Crippen LogP contribution >= 0.6 is 0 Å². The number of fused-ring (bicyclic) bond motifs is 1. The molecule has 7 nitrogen and oxygen atoms in total. The largest absolute Gasteiger partial charge is 0.493 e. The van der Waals surface area contributed by atoms with Crippen molar-refractivity contribution < 1.29 is 5.11 Å². The number of imidazole rings is 1. The van der Waals surface area contributed by atoms with Gasteiger partial charge in [-0.3, -0.25) is 4.57 Å². The van der Waals surface area contributed by atoms with Gasteiger partial charge in [-0.1, -0.05) is 0 Å². The van der Waals surface area contributed by atoms with Crippen LogP contribution in [0, 0.1) is 5.92 Å². The summed E-state index contributed by atoms with van der Waals surface area (Å²) in [5.74, 6) is 2.16. The van der Waals surface area contributed by atoms with Crippen LogP contribution in [0.3, 0.4) is 0 Å². The summed E-state index contributed by atoms with van der Waals surface area (Å²) in [5, 5.41) is 13.6. The lowest BCUT2D eigenvalue weighted by Gasteiger charge is -2.03. The molecule has 0 saturated heterocycles. The molecule has 0 amide bonds. The van der Waals surface area contributed by atoms with Crippen molar-refractivity contribution in [1.82, 2.24) is 14.5 Å². The lowest BCUT2D eigenvalue weighted by molar-refractivity contribution is 0.432. The summed E-state index contributed by atoms with van der Waals surface area (Å²) in [7, 11) is 1.79. The molecule has 1 fully saturated rings. The van der Waals surface area contributed by atoms with Gasteiger partial charge >= 0.3 is 0 Å². The highest BCUT2D eigenvalue weighted by atomic mass is 16.3. The van der Waals surface area contributed by atoms with E-state index in [1.807, 2.05) is 6.07 Å². The Morgan fingerprint density at radius 3 is 3.09 bits per heavy atom. The third kappa shape index (κ3) is 2.54. The summed E-state index contributed by atoms with van der Waals surface area (Å²) >= 11 is 0. The highest BCUT2D eigenvalue weighted by Gasteiger charge is 2.22. The first-order valence-electron chi connectivity index (χ1n) is 7.63. The van der Waals surface area contributed by atoms with Crippen molar-refractivity contribution in [3.8, 4) is 5.88 Å². The van der Waals surface area contributed by atoms with Crippen molar-refractivity contribution in [3.05, 3.63) is 23.5 Å². The first-order valence-corrected chi connectivity index (χ1v) is 7.63. The molecule has 0 unspecified atom stereocenters. The Hall–Kier alpha value is -2.83. The number of hydrogen-bond donors (Lipinski definition) is 3. The number of aromatic hydroxyl groups is 1. The third-order valence-electron chi connectivity index (χ3n) is 4.15. The van der Waals surface area contributed by atoms with Gasteiger partial charge in [0.05, 0.1) is 11.9 Å². The van der Waals surface area contributed by atoms with Gasteiger partial charge in [-0.05, 0) is 30.9 Å². The Morgan fingerprint density at radius 1 is 1.48 bits per heavy atom. The van der Waals surface area contributed by atoms with E-state index >= 15 is 0 Å². The number of anilines is 2. The van der Waals surface area contributed by atoms with Crippen molar-refractivity contribution >= 4 is 35.3 Å². The third-order valence-corrected chi connectivity index (χ3v) is 4.15. The van der Waals surface area contributed by atoms with Crippen molar-refractivity contribution in [2.45, 2.75) is 12.8 Å². The maximum absolute atomic E-state index is 10.3. The number of nitrogens with zero attached hydrogens (tertiary/aromatic N) is 4. The standard InChI is InChI=1S/C16H18N6O/c1-22-15(23)13(21-16(22)20-6-9-2-3-9)4-10-7-18-14-12(10)5-11(17)8-19-14/h4-5,7-9,23H,2-3,6,17H2,1H3,(H,20,21).